The van der Waals surface area contributed by atoms with Gasteiger partial charge in [-0.2, -0.15) is 0 Å². The molecule has 2 aromatic carbocycles. The summed E-state index contributed by atoms with van der Waals surface area (Å²) in [5.41, 5.74) is 1.34. The van der Waals surface area contributed by atoms with E-state index in [1.165, 1.54) is 4.90 Å². The van der Waals surface area contributed by atoms with Crippen molar-refractivity contribution in [3.63, 3.8) is 0 Å². The first-order valence-electron chi connectivity index (χ1n) is 10.1. The lowest BCUT2D eigenvalue weighted by Gasteiger charge is -2.34. The van der Waals surface area contributed by atoms with Gasteiger partial charge in [0.1, 0.15) is 11.6 Å². The highest BCUT2D eigenvalue weighted by Gasteiger charge is 2.34. The van der Waals surface area contributed by atoms with E-state index < -0.39 is 17.7 Å². The smallest absolute Gasteiger partial charge is 0.411 e. The lowest BCUT2D eigenvalue weighted by molar-refractivity contribution is -0.136. The van der Waals surface area contributed by atoms with Crippen molar-refractivity contribution in [2.45, 2.75) is 45.4 Å². The van der Waals surface area contributed by atoms with Gasteiger partial charge in [0.2, 0.25) is 5.91 Å². The van der Waals surface area contributed by atoms with E-state index in [4.69, 9.17) is 4.74 Å². The summed E-state index contributed by atoms with van der Waals surface area (Å²) >= 11 is 0. The Morgan fingerprint density at radius 3 is 2.03 bits per heavy atom. The van der Waals surface area contributed by atoms with Crippen molar-refractivity contribution in [3.8, 4) is 0 Å². The summed E-state index contributed by atoms with van der Waals surface area (Å²) in [6.07, 6.45) is 1.49. The Labute approximate surface area is 179 Å². The lowest BCUT2D eigenvalue weighted by atomic mass is 10.0. The van der Waals surface area contributed by atoms with Crippen LogP contribution in [0.25, 0.3) is 0 Å². The number of amides is 2. The number of hydrogen-bond acceptors (Lipinski definition) is 3. The molecule has 2 amide bonds. The minimum absolute atomic E-state index is 0.143. The molecule has 0 heterocycles. The van der Waals surface area contributed by atoms with Gasteiger partial charge in [0, 0.05) is 26.6 Å². The molecule has 30 heavy (non-hydrogen) atoms. The third-order valence-electron chi connectivity index (χ3n) is 4.53. The second kappa shape index (κ2) is 10.6. The number of rotatable bonds is 8. The molecule has 2 aromatic rings. The summed E-state index contributed by atoms with van der Waals surface area (Å²) in [4.78, 5) is 29.6. The molecule has 160 valence electrons. The molecule has 0 spiro atoms. The van der Waals surface area contributed by atoms with E-state index in [0.29, 0.717) is 13.0 Å². The zero-order chi connectivity index (χ0) is 22.1. The highest BCUT2D eigenvalue weighted by atomic mass is 16.6. The van der Waals surface area contributed by atoms with Crippen LogP contribution in [0.4, 0.5) is 4.79 Å². The number of carbonyl (C=O) groups excluding carboxylic acids is 2. The maximum absolute atomic E-state index is 13.5. The third-order valence-corrected chi connectivity index (χ3v) is 4.53. The van der Waals surface area contributed by atoms with Crippen molar-refractivity contribution in [3.05, 3.63) is 84.4 Å². The molecule has 0 saturated carbocycles. The highest BCUT2D eigenvalue weighted by Crippen LogP contribution is 2.18. The van der Waals surface area contributed by atoms with Gasteiger partial charge in [-0.15, -0.1) is 6.58 Å². The molecule has 0 N–H and O–H groups in total. The zero-order valence-electron chi connectivity index (χ0n) is 18.4. The average Bonchev–Trinajstić information content (AvgIpc) is 2.70. The van der Waals surface area contributed by atoms with Crippen molar-refractivity contribution < 1.29 is 14.3 Å². The van der Waals surface area contributed by atoms with Gasteiger partial charge >= 0.3 is 6.09 Å². The number of carbonyl (C=O) groups is 2. The van der Waals surface area contributed by atoms with E-state index in [2.05, 4.69) is 6.58 Å². The van der Waals surface area contributed by atoms with Crippen molar-refractivity contribution in [2.75, 3.05) is 13.6 Å². The van der Waals surface area contributed by atoms with Gasteiger partial charge < -0.3 is 9.64 Å². The fourth-order valence-corrected chi connectivity index (χ4v) is 3.15. The highest BCUT2D eigenvalue weighted by molar-refractivity contribution is 5.86. The van der Waals surface area contributed by atoms with Crippen LogP contribution < -0.4 is 0 Å². The molecule has 0 unspecified atom stereocenters. The van der Waals surface area contributed by atoms with Gasteiger partial charge in [0.05, 0.1) is 0 Å². The second-order valence-corrected chi connectivity index (χ2v) is 8.31. The first kappa shape index (κ1) is 23.2. The van der Waals surface area contributed by atoms with Crippen LogP contribution in [0.15, 0.2) is 73.3 Å². The minimum atomic E-state index is -0.700. The van der Waals surface area contributed by atoms with Crippen LogP contribution in [0.3, 0.4) is 0 Å². The molecule has 0 aliphatic rings. The standard InChI is InChI=1S/C25H32N2O3/c1-6-17-27(24(29)30-25(2,3)4)22(18-20-13-9-7-10-14-20)23(28)26(5)19-21-15-11-8-12-16-21/h6-16,22H,1,17-19H2,2-5H3/t22-/m0/s1. The van der Waals surface area contributed by atoms with Gasteiger partial charge in [0.25, 0.3) is 0 Å². The molecule has 5 heteroatoms. The van der Waals surface area contributed by atoms with Crippen molar-refractivity contribution in [1.29, 1.82) is 0 Å². The molecule has 5 nitrogen and oxygen atoms in total. The molecule has 1 atom stereocenters. The maximum atomic E-state index is 13.5. The van der Waals surface area contributed by atoms with Gasteiger partial charge in [0.15, 0.2) is 0 Å². The summed E-state index contributed by atoms with van der Waals surface area (Å²) in [5, 5.41) is 0. The molecule has 0 radical (unpaired) electrons. The Hall–Kier alpha value is -3.08. The molecule has 0 aliphatic carbocycles. The van der Waals surface area contributed by atoms with E-state index in [1.807, 2.05) is 81.4 Å². The molecule has 0 bridgehead atoms. The predicted octanol–water partition coefficient (Wildman–Crippen LogP) is 4.68. The van der Waals surface area contributed by atoms with Crippen LogP contribution in [0.2, 0.25) is 0 Å². The number of nitrogens with zero attached hydrogens (tertiary/aromatic N) is 2. The normalized spacial score (nSPS) is 12.0. The first-order valence-corrected chi connectivity index (χ1v) is 10.1. The number of likely N-dealkylation sites (N-methyl/N-ethyl adjacent to an activating group) is 1. The number of hydrogen-bond donors (Lipinski definition) is 0. The number of benzene rings is 2. The summed E-state index contributed by atoms with van der Waals surface area (Å²) in [6.45, 7) is 9.88. The van der Waals surface area contributed by atoms with Crippen LogP contribution in [-0.4, -0.2) is 47.0 Å². The van der Waals surface area contributed by atoms with E-state index in [-0.39, 0.29) is 12.5 Å². The Morgan fingerprint density at radius 2 is 1.53 bits per heavy atom. The van der Waals surface area contributed by atoms with E-state index in [1.54, 1.807) is 18.0 Å². The average molecular weight is 409 g/mol. The van der Waals surface area contributed by atoms with E-state index in [0.717, 1.165) is 11.1 Å². The van der Waals surface area contributed by atoms with E-state index >= 15 is 0 Å². The van der Waals surface area contributed by atoms with E-state index in [9.17, 15) is 9.59 Å². The zero-order valence-corrected chi connectivity index (χ0v) is 18.4. The Balaban J connectivity index is 2.32. The lowest BCUT2D eigenvalue weighted by Crippen LogP contribution is -2.52. The Kier molecular flexibility index (Phi) is 8.22. The van der Waals surface area contributed by atoms with Gasteiger partial charge in [-0.3, -0.25) is 9.69 Å². The molecular weight excluding hydrogens is 376 g/mol. The van der Waals surface area contributed by atoms with Gasteiger partial charge in [-0.25, -0.2) is 4.79 Å². The quantitative estimate of drug-likeness (QED) is 0.596. The maximum Gasteiger partial charge on any atom is 0.411 e. The van der Waals surface area contributed by atoms with Crippen molar-refractivity contribution in [2.24, 2.45) is 0 Å². The molecule has 0 aromatic heterocycles. The number of ether oxygens (including phenoxy) is 1. The first-order chi connectivity index (χ1) is 14.2. The van der Waals surface area contributed by atoms with Crippen LogP contribution >= 0.6 is 0 Å². The summed E-state index contributed by atoms with van der Waals surface area (Å²) in [5.74, 6) is -0.143. The minimum Gasteiger partial charge on any atom is -0.444 e. The van der Waals surface area contributed by atoms with Crippen LogP contribution in [0.5, 0.6) is 0 Å². The Bertz CT molecular complexity index is 828. The molecular formula is C25H32N2O3. The van der Waals surface area contributed by atoms with Gasteiger partial charge in [-0.1, -0.05) is 66.7 Å². The topological polar surface area (TPSA) is 49.9 Å². The molecule has 0 aliphatic heterocycles. The van der Waals surface area contributed by atoms with Crippen molar-refractivity contribution in [1.82, 2.24) is 9.80 Å². The molecule has 0 saturated heterocycles. The molecule has 0 fully saturated rings. The van der Waals surface area contributed by atoms with Crippen LogP contribution in [0, 0.1) is 0 Å². The van der Waals surface area contributed by atoms with Gasteiger partial charge in [-0.05, 0) is 31.9 Å². The fourth-order valence-electron chi connectivity index (χ4n) is 3.15. The Morgan fingerprint density at radius 1 is 1.00 bits per heavy atom. The summed E-state index contributed by atoms with van der Waals surface area (Å²) < 4.78 is 5.59. The second-order valence-electron chi connectivity index (χ2n) is 8.31. The third kappa shape index (κ3) is 7.07. The molecule has 2 rings (SSSR count). The SMILES string of the molecule is C=CCN(C(=O)OC(C)(C)C)[C@@H](Cc1ccccc1)C(=O)N(C)Cc1ccccc1. The van der Waals surface area contributed by atoms with Crippen LogP contribution in [-0.2, 0) is 22.5 Å². The fraction of sp³-hybridized carbons (Fsp3) is 0.360. The van der Waals surface area contributed by atoms with Crippen molar-refractivity contribution >= 4 is 12.0 Å². The predicted molar refractivity (Wildman–Crippen MR) is 120 cm³/mol. The van der Waals surface area contributed by atoms with Crippen LogP contribution in [0.1, 0.15) is 31.9 Å². The largest absolute Gasteiger partial charge is 0.444 e. The summed E-state index contributed by atoms with van der Waals surface area (Å²) in [7, 11) is 1.76. The summed E-state index contributed by atoms with van der Waals surface area (Å²) in [6, 6.07) is 18.8. The monoisotopic (exact) mass is 408 g/mol.